The zero-order valence-corrected chi connectivity index (χ0v) is 16.2. The Hall–Kier alpha value is -3.26. The molecule has 2 aromatic carbocycles. The molecule has 1 aromatic heterocycles. The Morgan fingerprint density at radius 1 is 1.24 bits per heavy atom. The van der Waals surface area contributed by atoms with E-state index in [1.807, 2.05) is 24.3 Å². The summed E-state index contributed by atoms with van der Waals surface area (Å²) in [7, 11) is 3.47. The molecule has 2 heterocycles. The number of phenols is 1. The molecule has 0 radical (unpaired) electrons. The summed E-state index contributed by atoms with van der Waals surface area (Å²) in [6.07, 6.45) is 0.621. The maximum atomic E-state index is 13.7. The number of phenolic OH excluding ortho intramolecular Hbond substituents is 1. The molecular formula is C21H22FN5O2. The van der Waals surface area contributed by atoms with E-state index in [0.29, 0.717) is 24.3 Å². The average molecular weight is 395 g/mol. The summed E-state index contributed by atoms with van der Waals surface area (Å²) in [6.45, 7) is 0.614. The molecule has 3 aromatic rings. The first kappa shape index (κ1) is 19.1. The van der Waals surface area contributed by atoms with E-state index in [1.165, 1.54) is 18.2 Å². The van der Waals surface area contributed by atoms with Crippen LogP contribution in [-0.2, 0) is 4.79 Å². The van der Waals surface area contributed by atoms with Crippen molar-refractivity contribution in [2.45, 2.75) is 18.5 Å². The fourth-order valence-corrected chi connectivity index (χ4v) is 3.53. The van der Waals surface area contributed by atoms with E-state index < -0.39 is 5.82 Å². The minimum absolute atomic E-state index is 0.00355. The molecule has 0 spiro atoms. The van der Waals surface area contributed by atoms with Crippen LogP contribution in [0.5, 0.6) is 5.75 Å². The van der Waals surface area contributed by atoms with Crippen LogP contribution >= 0.6 is 0 Å². The van der Waals surface area contributed by atoms with Crippen LogP contribution in [0.25, 0.3) is 22.3 Å². The molecule has 150 valence electrons. The Kier molecular flexibility index (Phi) is 5.02. The van der Waals surface area contributed by atoms with Gasteiger partial charge in [0.15, 0.2) is 5.82 Å². The van der Waals surface area contributed by atoms with Gasteiger partial charge in [0.2, 0.25) is 5.91 Å². The second-order valence-corrected chi connectivity index (χ2v) is 7.34. The van der Waals surface area contributed by atoms with Gasteiger partial charge in [-0.15, -0.1) is 0 Å². The fourth-order valence-electron chi connectivity index (χ4n) is 3.53. The molecule has 1 fully saturated rings. The van der Waals surface area contributed by atoms with E-state index in [-0.39, 0.29) is 35.1 Å². The first-order valence-electron chi connectivity index (χ1n) is 9.39. The Bertz CT molecular complexity index is 1070. The van der Waals surface area contributed by atoms with Crippen LogP contribution in [0.3, 0.4) is 0 Å². The van der Waals surface area contributed by atoms with Crippen LogP contribution in [0.2, 0.25) is 0 Å². The van der Waals surface area contributed by atoms with Crippen molar-refractivity contribution >= 4 is 22.6 Å². The second kappa shape index (κ2) is 7.63. The number of hydrogen-bond donors (Lipinski definition) is 3. The Morgan fingerprint density at radius 2 is 2.03 bits per heavy atom. The lowest BCUT2D eigenvalue weighted by Crippen LogP contribution is -2.39. The number of carbonyl (C=O) groups excluding carboxylic acids is 1. The van der Waals surface area contributed by atoms with Gasteiger partial charge in [0.25, 0.3) is 0 Å². The van der Waals surface area contributed by atoms with E-state index in [9.17, 15) is 14.3 Å². The summed E-state index contributed by atoms with van der Waals surface area (Å²) in [6, 6.07) is 10.9. The standard InChI is InChI=1S/C21H22FN5O2/c1-27(2)21(29)17-10-13(11-23-17)24-19-14-5-3-4-6-16(14)25-20(26-19)15-9-12(22)7-8-18(15)28/h3-9,13,17,23,28H,10-11H2,1-2H3,(H,24,25,26)/t13-,17+/m0/s1. The number of likely N-dealkylation sites (N-methyl/N-ethyl adjacent to an activating group) is 1. The lowest BCUT2D eigenvalue weighted by Gasteiger charge is -2.17. The number of aromatic nitrogens is 2. The molecule has 1 aliphatic heterocycles. The van der Waals surface area contributed by atoms with Gasteiger partial charge in [-0.2, -0.15) is 0 Å². The number of rotatable bonds is 4. The zero-order valence-electron chi connectivity index (χ0n) is 16.2. The van der Waals surface area contributed by atoms with Gasteiger partial charge in [-0.1, -0.05) is 12.1 Å². The number of amides is 1. The summed E-state index contributed by atoms with van der Waals surface area (Å²) in [5.41, 5.74) is 0.902. The highest BCUT2D eigenvalue weighted by Gasteiger charge is 2.30. The minimum Gasteiger partial charge on any atom is -0.507 e. The molecule has 7 nitrogen and oxygen atoms in total. The van der Waals surface area contributed by atoms with Gasteiger partial charge in [0, 0.05) is 32.1 Å². The van der Waals surface area contributed by atoms with Crippen molar-refractivity contribution in [3.63, 3.8) is 0 Å². The fraction of sp³-hybridized carbons (Fsp3) is 0.286. The molecule has 0 aliphatic carbocycles. The Labute approximate surface area is 167 Å². The van der Waals surface area contributed by atoms with E-state index in [0.717, 1.165) is 5.39 Å². The third-order valence-electron chi connectivity index (χ3n) is 5.01. The monoisotopic (exact) mass is 395 g/mol. The van der Waals surface area contributed by atoms with E-state index in [1.54, 1.807) is 19.0 Å². The molecule has 1 aliphatic rings. The topological polar surface area (TPSA) is 90.4 Å². The van der Waals surface area contributed by atoms with Gasteiger partial charge in [-0.05, 0) is 36.8 Å². The van der Waals surface area contributed by atoms with Crippen molar-refractivity contribution in [3.8, 4) is 17.1 Å². The maximum Gasteiger partial charge on any atom is 0.239 e. The number of nitrogens with one attached hydrogen (secondary N) is 2. The second-order valence-electron chi connectivity index (χ2n) is 7.34. The smallest absolute Gasteiger partial charge is 0.239 e. The molecule has 0 bridgehead atoms. The van der Waals surface area contributed by atoms with Crippen LogP contribution in [0, 0.1) is 5.82 Å². The van der Waals surface area contributed by atoms with Crippen LogP contribution in [0.1, 0.15) is 6.42 Å². The van der Waals surface area contributed by atoms with Crippen molar-refractivity contribution in [3.05, 3.63) is 48.3 Å². The van der Waals surface area contributed by atoms with Gasteiger partial charge in [-0.25, -0.2) is 14.4 Å². The molecule has 0 saturated carbocycles. The van der Waals surface area contributed by atoms with Crippen molar-refractivity contribution in [1.29, 1.82) is 0 Å². The lowest BCUT2D eigenvalue weighted by molar-refractivity contribution is -0.130. The highest BCUT2D eigenvalue weighted by Crippen LogP contribution is 2.31. The number of carbonyl (C=O) groups is 1. The van der Waals surface area contributed by atoms with E-state index in [2.05, 4.69) is 20.6 Å². The SMILES string of the molecule is CN(C)C(=O)[C@H]1C[C@H](Nc2nc(-c3cc(F)ccc3O)nc3ccccc23)CN1. The number of fused-ring (bicyclic) bond motifs is 1. The summed E-state index contributed by atoms with van der Waals surface area (Å²) < 4.78 is 13.7. The van der Waals surface area contributed by atoms with Gasteiger partial charge >= 0.3 is 0 Å². The molecule has 4 rings (SSSR count). The molecule has 0 unspecified atom stereocenters. The van der Waals surface area contributed by atoms with E-state index >= 15 is 0 Å². The normalized spacial score (nSPS) is 18.7. The first-order chi connectivity index (χ1) is 13.9. The molecule has 2 atom stereocenters. The van der Waals surface area contributed by atoms with Crippen LogP contribution in [0.15, 0.2) is 42.5 Å². The number of hydrogen-bond acceptors (Lipinski definition) is 6. The van der Waals surface area contributed by atoms with Crippen molar-refractivity contribution in [2.75, 3.05) is 26.0 Å². The highest BCUT2D eigenvalue weighted by molar-refractivity contribution is 5.91. The predicted octanol–water partition coefficient (Wildman–Crippen LogP) is 2.37. The summed E-state index contributed by atoms with van der Waals surface area (Å²) in [5, 5.41) is 17.6. The number of halogens is 1. The Balaban J connectivity index is 1.69. The summed E-state index contributed by atoms with van der Waals surface area (Å²) >= 11 is 0. The third-order valence-corrected chi connectivity index (χ3v) is 5.01. The van der Waals surface area contributed by atoms with Crippen molar-refractivity contribution in [2.24, 2.45) is 0 Å². The Morgan fingerprint density at radius 3 is 2.83 bits per heavy atom. The van der Waals surface area contributed by atoms with Crippen LogP contribution < -0.4 is 10.6 Å². The number of aromatic hydroxyl groups is 1. The summed E-state index contributed by atoms with van der Waals surface area (Å²) in [5.74, 6) is 0.280. The van der Waals surface area contributed by atoms with Gasteiger partial charge in [0.1, 0.15) is 17.4 Å². The number of benzene rings is 2. The largest absolute Gasteiger partial charge is 0.507 e. The summed E-state index contributed by atoms with van der Waals surface area (Å²) in [4.78, 5) is 22.8. The molecule has 3 N–H and O–H groups in total. The quantitative estimate of drug-likeness (QED) is 0.628. The van der Waals surface area contributed by atoms with Gasteiger partial charge < -0.3 is 20.6 Å². The molecular weight excluding hydrogens is 373 g/mol. The minimum atomic E-state index is -0.478. The number of anilines is 1. The van der Waals surface area contributed by atoms with Crippen LogP contribution in [0.4, 0.5) is 10.2 Å². The molecule has 29 heavy (non-hydrogen) atoms. The number of para-hydroxylation sites is 1. The van der Waals surface area contributed by atoms with Crippen molar-refractivity contribution in [1.82, 2.24) is 20.2 Å². The van der Waals surface area contributed by atoms with Gasteiger partial charge in [-0.3, -0.25) is 4.79 Å². The number of nitrogens with zero attached hydrogens (tertiary/aromatic N) is 3. The van der Waals surface area contributed by atoms with Gasteiger partial charge in [0.05, 0.1) is 17.1 Å². The van der Waals surface area contributed by atoms with Crippen molar-refractivity contribution < 1.29 is 14.3 Å². The predicted molar refractivity (Wildman–Crippen MR) is 109 cm³/mol. The highest BCUT2D eigenvalue weighted by atomic mass is 19.1. The molecule has 1 amide bonds. The van der Waals surface area contributed by atoms with E-state index in [4.69, 9.17) is 0 Å². The van der Waals surface area contributed by atoms with Crippen LogP contribution in [-0.4, -0.2) is 58.6 Å². The molecule has 1 saturated heterocycles. The maximum absolute atomic E-state index is 13.7. The molecule has 8 heteroatoms. The third kappa shape index (κ3) is 3.84. The average Bonchev–Trinajstić information content (AvgIpc) is 3.17. The first-order valence-corrected chi connectivity index (χ1v) is 9.39. The zero-order chi connectivity index (χ0) is 20.5. The lowest BCUT2D eigenvalue weighted by atomic mass is 10.1.